The lowest BCUT2D eigenvalue weighted by molar-refractivity contribution is 1.19. The minimum Gasteiger partial charge on any atom is -0.383 e. The summed E-state index contributed by atoms with van der Waals surface area (Å²) in [6.07, 6.45) is 1.95. The summed E-state index contributed by atoms with van der Waals surface area (Å²) in [5, 5.41) is 2.00. The molecule has 0 unspecified atom stereocenters. The first-order valence-electron chi connectivity index (χ1n) is 5.75. The van der Waals surface area contributed by atoms with Gasteiger partial charge in [-0.3, -0.25) is 4.40 Å². The molecule has 4 nitrogen and oxygen atoms in total. The number of imidazole rings is 1. The van der Waals surface area contributed by atoms with Gasteiger partial charge in [0.1, 0.15) is 17.0 Å². The fraction of sp³-hybridized carbons (Fsp3) is 0. The zero-order valence-electron chi connectivity index (χ0n) is 9.54. The lowest BCUT2D eigenvalue weighted by Gasteiger charge is -2.01. The Morgan fingerprint density at radius 2 is 1.67 bits per heavy atom. The van der Waals surface area contributed by atoms with Crippen molar-refractivity contribution in [1.29, 1.82) is 0 Å². The molecular weight excluding hydrogens is 224 g/mol. The van der Waals surface area contributed by atoms with Crippen LogP contribution in [-0.4, -0.2) is 14.4 Å². The highest BCUT2D eigenvalue weighted by atomic mass is 15.1. The predicted molar refractivity (Wildman–Crippen MR) is 72.4 cm³/mol. The van der Waals surface area contributed by atoms with Crippen LogP contribution >= 0.6 is 0 Å². The van der Waals surface area contributed by atoms with Gasteiger partial charge in [-0.1, -0.05) is 30.3 Å². The standard InChI is InChI=1S/C14H10N4/c15-13-10-6-2-1-5-9(10)12-14(17-13)18-8-4-3-7-11(18)16-12/h1-8H,(H2,15,17). The first-order chi connectivity index (χ1) is 8.84. The van der Waals surface area contributed by atoms with Crippen molar-refractivity contribution in [3.8, 4) is 0 Å². The van der Waals surface area contributed by atoms with Crippen molar-refractivity contribution < 1.29 is 0 Å². The topological polar surface area (TPSA) is 56.2 Å². The normalized spacial score (nSPS) is 11.6. The van der Waals surface area contributed by atoms with Crippen LogP contribution in [0.2, 0.25) is 0 Å². The molecule has 4 rings (SSSR count). The molecule has 0 aliphatic carbocycles. The second kappa shape index (κ2) is 3.20. The quantitative estimate of drug-likeness (QED) is 0.509. The number of nitrogens with zero attached hydrogens (tertiary/aromatic N) is 3. The van der Waals surface area contributed by atoms with E-state index in [0.717, 1.165) is 27.6 Å². The van der Waals surface area contributed by atoms with Crippen LogP contribution in [0.4, 0.5) is 5.82 Å². The van der Waals surface area contributed by atoms with E-state index in [9.17, 15) is 0 Å². The van der Waals surface area contributed by atoms with Crippen molar-refractivity contribution in [2.24, 2.45) is 0 Å². The van der Waals surface area contributed by atoms with Gasteiger partial charge in [0.05, 0.1) is 0 Å². The number of aromatic nitrogens is 3. The van der Waals surface area contributed by atoms with Crippen LogP contribution in [0.25, 0.3) is 27.6 Å². The molecule has 0 spiro atoms. The van der Waals surface area contributed by atoms with Crippen LogP contribution in [0.3, 0.4) is 0 Å². The van der Waals surface area contributed by atoms with Gasteiger partial charge in [0.15, 0.2) is 5.65 Å². The fourth-order valence-electron chi connectivity index (χ4n) is 2.36. The molecule has 3 aromatic heterocycles. The van der Waals surface area contributed by atoms with Gasteiger partial charge in [-0.15, -0.1) is 0 Å². The van der Waals surface area contributed by atoms with Crippen molar-refractivity contribution in [2.75, 3.05) is 5.73 Å². The maximum absolute atomic E-state index is 6.02. The minimum absolute atomic E-state index is 0.545. The lowest BCUT2D eigenvalue weighted by atomic mass is 10.1. The summed E-state index contributed by atoms with van der Waals surface area (Å²) in [5.41, 5.74) is 8.61. The summed E-state index contributed by atoms with van der Waals surface area (Å²) in [6.45, 7) is 0. The molecule has 0 aliphatic heterocycles. The number of hydrogen-bond acceptors (Lipinski definition) is 3. The lowest BCUT2D eigenvalue weighted by Crippen LogP contribution is -1.94. The van der Waals surface area contributed by atoms with Crippen LogP contribution in [0.5, 0.6) is 0 Å². The van der Waals surface area contributed by atoms with Gasteiger partial charge in [-0.05, 0) is 12.1 Å². The number of hydrogen-bond donors (Lipinski definition) is 1. The van der Waals surface area contributed by atoms with Crippen molar-refractivity contribution in [1.82, 2.24) is 14.4 Å². The highest BCUT2D eigenvalue weighted by molar-refractivity contribution is 6.07. The zero-order chi connectivity index (χ0) is 12.1. The predicted octanol–water partition coefficient (Wildman–Crippen LogP) is 2.62. The Labute approximate surface area is 103 Å². The summed E-state index contributed by atoms with van der Waals surface area (Å²) in [6, 6.07) is 13.8. The zero-order valence-corrected chi connectivity index (χ0v) is 9.54. The van der Waals surface area contributed by atoms with E-state index in [1.807, 2.05) is 53.1 Å². The first kappa shape index (κ1) is 9.41. The molecule has 18 heavy (non-hydrogen) atoms. The number of nitrogens with two attached hydrogens (primary N) is 1. The van der Waals surface area contributed by atoms with Crippen molar-refractivity contribution in [3.05, 3.63) is 48.7 Å². The van der Waals surface area contributed by atoms with E-state index in [1.165, 1.54) is 0 Å². The summed E-state index contributed by atoms with van der Waals surface area (Å²) < 4.78 is 1.96. The van der Waals surface area contributed by atoms with Crippen LogP contribution in [0, 0.1) is 0 Å². The third-order valence-corrected chi connectivity index (χ3v) is 3.19. The van der Waals surface area contributed by atoms with E-state index in [4.69, 9.17) is 5.73 Å². The average Bonchev–Trinajstić information content (AvgIpc) is 2.78. The highest BCUT2D eigenvalue weighted by Gasteiger charge is 2.11. The third-order valence-electron chi connectivity index (χ3n) is 3.19. The second-order valence-electron chi connectivity index (χ2n) is 4.26. The van der Waals surface area contributed by atoms with Gasteiger partial charge < -0.3 is 5.73 Å². The molecule has 2 N–H and O–H groups in total. The number of rotatable bonds is 0. The van der Waals surface area contributed by atoms with Gasteiger partial charge in [0.25, 0.3) is 0 Å². The maximum Gasteiger partial charge on any atom is 0.167 e. The Bertz CT molecular complexity index is 892. The highest BCUT2D eigenvalue weighted by Crippen LogP contribution is 2.27. The summed E-state index contributed by atoms with van der Waals surface area (Å²) >= 11 is 0. The number of anilines is 1. The molecule has 0 radical (unpaired) electrons. The molecule has 0 saturated heterocycles. The smallest absolute Gasteiger partial charge is 0.167 e. The molecule has 0 aliphatic rings. The summed E-state index contributed by atoms with van der Waals surface area (Å²) in [5.74, 6) is 0.545. The van der Waals surface area contributed by atoms with Crippen molar-refractivity contribution in [3.63, 3.8) is 0 Å². The third kappa shape index (κ3) is 1.09. The van der Waals surface area contributed by atoms with Crippen molar-refractivity contribution in [2.45, 2.75) is 0 Å². The maximum atomic E-state index is 6.02. The number of nitrogen functional groups attached to an aromatic ring is 1. The monoisotopic (exact) mass is 234 g/mol. The minimum atomic E-state index is 0.545. The number of fused-ring (bicyclic) bond motifs is 5. The number of pyridine rings is 2. The Hall–Kier alpha value is -2.62. The largest absolute Gasteiger partial charge is 0.383 e. The molecular formula is C14H10N4. The SMILES string of the molecule is Nc1nc2c(nc3ccccn32)c2ccccc12. The Balaban J connectivity index is 2.36. The molecule has 86 valence electrons. The van der Waals surface area contributed by atoms with Crippen LogP contribution in [-0.2, 0) is 0 Å². The van der Waals surface area contributed by atoms with E-state index in [2.05, 4.69) is 9.97 Å². The molecule has 4 heteroatoms. The van der Waals surface area contributed by atoms with Gasteiger partial charge in [-0.25, -0.2) is 9.97 Å². The van der Waals surface area contributed by atoms with Crippen molar-refractivity contribution >= 4 is 33.4 Å². The van der Waals surface area contributed by atoms with E-state index in [1.54, 1.807) is 0 Å². The van der Waals surface area contributed by atoms with E-state index in [0.29, 0.717) is 5.82 Å². The second-order valence-corrected chi connectivity index (χ2v) is 4.26. The van der Waals surface area contributed by atoms with E-state index < -0.39 is 0 Å². The van der Waals surface area contributed by atoms with Gasteiger partial charge in [-0.2, -0.15) is 0 Å². The van der Waals surface area contributed by atoms with Gasteiger partial charge >= 0.3 is 0 Å². The Kier molecular flexibility index (Phi) is 1.67. The molecule has 0 atom stereocenters. The molecule has 3 heterocycles. The van der Waals surface area contributed by atoms with Crippen LogP contribution in [0.15, 0.2) is 48.7 Å². The molecule has 0 fully saturated rings. The fourth-order valence-corrected chi connectivity index (χ4v) is 2.36. The van der Waals surface area contributed by atoms with Gasteiger partial charge in [0, 0.05) is 17.0 Å². The Morgan fingerprint density at radius 1 is 0.889 bits per heavy atom. The van der Waals surface area contributed by atoms with Gasteiger partial charge in [0.2, 0.25) is 0 Å². The molecule has 0 bridgehead atoms. The molecule has 1 aromatic carbocycles. The summed E-state index contributed by atoms with van der Waals surface area (Å²) in [7, 11) is 0. The summed E-state index contributed by atoms with van der Waals surface area (Å²) in [4.78, 5) is 9.10. The van der Waals surface area contributed by atoms with E-state index >= 15 is 0 Å². The average molecular weight is 234 g/mol. The molecule has 0 amide bonds. The van der Waals surface area contributed by atoms with Crippen LogP contribution in [0.1, 0.15) is 0 Å². The van der Waals surface area contributed by atoms with Crippen LogP contribution < -0.4 is 5.73 Å². The number of benzene rings is 1. The molecule has 0 saturated carbocycles. The first-order valence-corrected chi connectivity index (χ1v) is 5.75. The van der Waals surface area contributed by atoms with E-state index in [-0.39, 0.29) is 0 Å². The Morgan fingerprint density at radius 3 is 2.56 bits per heavy atom. The molecule has 4 aromatic rings.